The second-order valence-electron chi connectivity index (χ2n) is 4.70. The highest BCUT2D eigenvalue weighted by Crippen LogP contribution is 2.35. The number of hydrogen-bond acceptors (Lipinski definition) is 5. The zero-order valence-corrected chi connectivity index (χ0v) is 11.8. The van der Waals surface area contributed by atoms with Crippen molar-refractivity contribution in [1.29, 1.82) is 0 Å². The summed E-state index contributed by atoms with van der Waals surface area (Å²) in [6.07, 6.45) is 3.71. The van der Waals surface area contributed by atoms with Crippen molar-refractivity contribution in [2.24, 2.45) is 5.92 Å². The minimum atomic E-state index is -0.341. The first-order valence-corrected chi connectivity index (χ1v) is 7.20. The molecule has 0 aliphatic carbocycles. The van der Waals surface area contributed by atoms with Gasteiger partial charge in [-0.2, -0.15) is 0 Å². The summed E-state index contributed by atoms with van der Waals surface area (Å²) in [7, 11) is 1.38. The minimum Gasteiger partial charge on any atom is -0.465 e. The summed E-state index contributed by atoms with van der Waals surface area (Å²) in [5, 5.41) is 1.09. The van der Waals surface area contributed by atoms with Crippen molar-refractivity contribution in [2.45, 2.75) is 26.2 Å². The topological polar surface area (TPSA) is 55.6 Å². The molecule has 1 fully saturated rings. The van der Waals surface area contributed by atoms with Gasteiger partial charge >= 0.3 is 5.97 Å². The number of nitrogens with two attached hydrogens (primary N) is 1. The molecule has 1 aromatic heterocycles. The molecular formula is C13H20N2O2S. The number of piperidine rings is 1. The lowest BCUT2D eigenvalue weighted by Gasteiger charge is -2.32. The number of rotatable bonds is 3. The van der Waals surface area contributed by atoms with Gasteiger partial charge in [0.05, 0.1) is 17.8 Å². The molecule has 0 bridgehead atoms. The maximum Gasteiger partial charge on any atom is 0.350 e. The van der Waals surface area contributed by atoms with Crippen molar-refractivity contribution in [2.75, 3.05) is 30.8 Å². The molecule has 18 heavy (non-hydrogen) atoms. The van der Waals surface area contributed by atoms with Crippen LogP contribution < -0.4 is 10.6 Å². The molecule has 4 nitrogen and oxygen atoms in total. The zero-order valence-electron chi connectivity index (χ0n) is 10.9. The van der Waals surface area contributed by atoms with Crippen molar-refractivity contribution < 1.29 is 9.53 Å². The van der Waals surface area contributed by atoms with Crippen LogP contribution in [-0.4, -0.2) is 26.2 Å². The second kappa shape index (κ2) is 5.61. The van der Waals surface area contributed by atoms with Gasteiger partial charge in [-0.05, 0) is 24.8 Å². The maximum atomic E-state index is 11.5. The molecule has 1 aliphatic heterocycles. The van der Waals surface area contributed by atoms with Crippen LogP contribution in [0.15, 0.2) is 6.07 Å². The highest BCUT2D eigenvalue weighted by atomic mass is 32.1. The van der Waals surface area contributed by atoms with Crippen LogP contribution in [0, 0.1) is 5.92 Å². The van der Waals surface area contributed by atoms with E-state index in [4.69, 9.17) is 10.5 Å². The molecule has 0 radical (unpaired) electrons. The smallest absolute Gasteiger partial charge is 0.350 e. The quantitative estimate of drug-likeness (QED) is 0.856. The van der Waals surface area contributed by atoms with Crippen LogP contribution in [-0.2, 0) is 4.74 Å². The molecule has 1 aliphatic rings. The molecule has 100 valence electrons. The first-order valence-electron chi connectivity index (χ1n) is 6.38. The Kier molecular flexibility index (Phi) is 4.11. The first-order chi connectivity index (χ1) is 8.65. The van der Waals surface area contributed by atoms with E-state index in [9.17, 15) is 4.79 Å². The van der Waals surface area contributed by atoms with Gasteiger partial charge in [0.1, 0.15) is 4.88 Å². The molecule has 0 saturated carbocycles. The highest BCUT2D eigenvalue weighted by molar-refractivity contribution is 7.18. The predicted molar refractivity (Wildman–Crippen MR) is 75.3 cm³/mol. The summed E-state index contributed by atoms with van der Waals surface area (Å²) >= 11 is 1.43. The number of nitrogen functional groups attached to an aromatic ring is 1. The van der Waals surface area contributed by atoms with Crippen LogP contribution in [0.5, 0.6) is 0 Å². The van der Waals surface area contributed by atoms with Crippen molar-refractivity contribution in [3.8, 4) is 0 Å². The molecule has 0 spiro atoms. The molecule has 0 amide bonds. The lowest BCUT2D eigenvalue weighted by atomic mass is 9.95. The second-order valence-corrected chi connectivity index (χ2v) is 5.73. The van der Waals surface area contributed by atoms with E-state index in [0.717, 1.165) is 24.0 Å². The van der Waals surface area contributed by atoms with Crippen LogP contribution in [0.25, 0.3) is 0 Å². The Hall–Kier alpha value is -1.23. The van der Waals surface area contributed by atoms with E-state index >= 15 is 0 Å². The number of nitrogens with zero attached hydrogens (tertiary/aromatic N) is 1. The van der Waals surface area contributed by atoms with Crippen LogP contribution >= 0.6 is 11.3 Å². The van der Waals surface area contributed by atoms with Crippen LogP contribution in [0.1, 0.15) is 35.9 Å². The monoisotopic (exact) mass is 268 g/mol. The van der Waals surface area contributed by atoms with Gasteiger partial charge in [-0.15, -0.1) is 11.3 Å². The summed E-state index contributed by atoms with van der Waals surface area (Å²) in [6, 6.07) is 1.89. The Morgan fingerprint density at radius 1 is 1.56 bits per heavy atom. The van der Waals surface area contributed by atoms with Crippen molar-refractivity contribution in [1.82, 2.24) is 0 Å². The van der Waals surface area contributed by atoms with E-state index in [1.807, 2.05) is 6.07 Å². The maximum absolute atomic E-state index is 11.5. The number of carbonyl (C=O) groups excluding carboxylic acids is 1. The molecule has 2 N–H and O–H groups in total. The van der Waals surface area contributed by atoms with Gasteiger partial charge in [0.15, 0.2) is 0 Å². The van der Waals surface area contributed by atoms with Gasteiger partial charge in [0.25, 0.3) is 0 Å². The summed E-state index contributed by atoms with van der Waals surface area (Å²) in [4.78, 5) is 14.4. The van der Waals surface area contributed by atoms with Crippen molar-refractivity contribution >= 4 is 28.0 Å². The summed E-state index contributed by atoms with van der Waals surface area (Å²) in [5.74, 6) is 0.505. The van der Waals surface area contributed by atoms with E-state index in [-0.39, 0.29) is 5.97 Å². The predicted octanol–water partition coefficient (Wildman–Crippen LogP) is 2.74. The molecule has 0 atom stereocenters. The lowest BCUT2D eigenvalue weighted by molar-refractivity contribution is 0.0607. The van der Waals surface area contributed by atoms with Gasteiger partial charge in [-0.1, -0.05) is 13.3 Å². The summed E-state index contributed by atoms with van der Waals surface area (Å²) in [6.45, 7) is 4.36. The number of esters is 1. The van der Waals surface area contributed by atoms with E-state index in [0.29, 0.717) is 10.6 Å². The summed E-state index contributed by atoms with van der Waals surface area (Å²) in [5.41, 5.74) is 6.39. The fourth-order valence-corrected chi connectivity index (χ4v) is 3.41. The van der Waals surface area contributed by atoms with Gasteiger partial charge in [0.2, 0.25) is 0 Å². The van der Waals surface area contributed by atoms with Crippen molar-refractivity contribution in [3.63, 3.8) is 0 Å². The van der Waals surface area contributed by atoms with Crippen LogP contribution in [0.2, 0.25) is 0 Å². The van der Waals surface area contributed by atoms with E-state index in [1.54, 1.807) is 0 Å². The average Bonchev–Trinajstić information content (AvgIpc) is 2.80. The minimum absolute atomic E-state index is 0.341. The lowest BCUT2D eigenvalue weighted by Crippen LogP contribution is -2.32. The van der Waals surface area contributed by atoms with E-state index in [2.05, 4.69) is 11.8 Å². The number of carbonyl (C=O) groups is 1. The van der Waals surface area contributed by atoms with Crippen molar-refractivity contribution in [3.05, 3.63) is 10.9 Å². The summed E-state index contributed by atoms with van der Waals surface area (Å²) < 4.78 is 4.73. The number of ether oxygens (including phenoxy) is 1. The number of thiophene rings is 1. The first kappa shape index (κ1) is 13.2. The number of anilines is 2. The molecule has 1 aromatic rings. The standard InChI is InChI=1S/C13H20N2O2S/c1-3-9-4-6-15(7-5-9)11-8-10(14)12(18-11)13(16)17-2/h8-9H,3-7,14H2,1-2H3. The average molecular weight is 268 g/mol. The third-order valence-corrected chi connectivity index (χ3v) is 4.81. The molecule has 1 saturated heterocycles. The Morgan fingerprint density at radius 3 is 2.78 bits per heavy atom. The third-order valence-electron chi connectivity index (χ3n) is 3.62. The zero-order chi connectivity index (χ0) is 13.1. The molecule has 5 heteroatoms. The Morgan fingerprint density at radius 2 is 2.22 bits per heavy atom. The van der Waals surface area contributed by atoms with E-state index < -0.39 is 0 Å². The van der Waals surface area contributed by atoms with Gasteiger partial charge in [-0.25, -0.2) is 4.79 Å². The fourth-order valence-electron chi connectivity index (χ4n) is 2.36. The molecule has 2 rings (SSSR count). The largest absolute Gasteiger partial charge is 0.465 e. The van der Waals surface area contributed by atoms with E-state index in [1.165, 1.54) is 37.7 Å². The van der Waals surface area contributed by atoms with Gasteiger partial charge in [-0.3, -0.25) is 0 Å². The Bertz CT molecular complexity index is 423. The highest BCUT2D eigenvalue weighted by Gasteiger charge is 2.22. The number of methoxy groups -OCH3 is 1. The molecular weight excluding hydrogens is 248 g/mol. The van der Waals surface area contributed by atoms with Gasteiger partial charge < -0.3 is 15.4 Å². The molecule has 2 heterocycles. The normalized spacial score (nSPS) is 16.9. The van der Waals surface area contributed by atoms with Crippen LogP contribution in [0.4, 0.5) is 10.7 Å². The van der Waals surface area contributed by atoms with Crippen LogP contribution in [0.3, 0.4) is 0 Å². The molecule has 0 unspecified atom stereocenters. The number of hydrogen-bond donors (Lipinski definition) is 1. The molecule has 0 aromatic carbocycles. The van der Waals surface area contributed by atoms with Gasteiger partial charge in [0, 0.05) is 13.1 Å². The fraction of sp³-hybridized carbons (Fsp3) is 0.615. The SMILES string of the molecule is CCC1CCN(c2cc(N)c(C(=O)OC)s2)CC1. The third kappa shape index (κ3) is 2.61. The Labute approximate surface area is 112 Å². The Balaban J connectivity index is 2.08.